The first-order valence-electron chi connectivity index (χ1n) is 6.65. The van der Waals surface area contributed by atoms with E-state index >= 15 is 0 Å². The van der Waals surface area contributed by atoms with Crippen LogP contribution in [0.4, 0.5) is 0 Å². The van der Waals surface area contributed by atoms with Crippen molar-refractivity contribution in [2.75, 3.05) is 0 Å². The Hall–Kier alpha value is -2.26. The number of aromatic nitrogens is 4. The molecule has 1 atom stereocenters. The Morgan fingerprint density at radius 1 is 1.27 bits per heavy atom. The molecule has 0 aromatic carbocycles. The van der Waals surface area contributed by atoms with Gasteiger partial charge in [-0.25, -0.2) is 13.1 Å². The van der Waals surface area contributed by atoms with Gasteiger partial charge in [-0.2, -0.15) is 0 Å². The zero-order valence-electron chi connectivity index (χ0n) is 12.3. The van der Waals surface area contributed by atoms with E-state index in [4.69, 9.17) is 4.52 Å². The number of hydrogen-bond donors (Lipinski definition) is 1. The maximum Gasteiger partial charge on any atom is 0.246 e. The van der Waals surface area contributed by atoms with Crippen LogP contribution >= 0.6 is 0 Å². The van der Waals surface area contributed by atoms with Gasteiger partial charge in [-0.3, -0.25) is 4.40 Å². The number of rotatable bonds is 4. The van der Waals surface area contributed by atoms with Crippen molar-refractivity contribution in [3.63, 3.8) is 0 Å². The number of sulfonamides is 1. The lowest BCUT2D eigenvalue weighted by atomic mass is 10.3. The highest BCUT2D eigenvalue weighted by molar-refractivity contribution is 7.89. The van der Waals surface area contributed by atoms with E-state index in [0.717, 1.165) is 0 Å². The molecule has 0 saturated carbocycles. The average molecular weight is 321 g/mol. The van der Waals surface area contributed by atoms with Gasteiger partial charge in [0, 0.05) is 6.20 Å². The first-order valence-corrected chi connectivity index (χ1v) is 8.13. The molecule has 3 rings (SSSR count). The van der Waals surface area contributed by atoms with Crippen LogP contribution in [0.2, 0.25) is 0 Å². The maximum absolute atomic E-state index is 12.5. The topological polar surface area (TPSA) is 102 Å². The van der Waals surface area contributed by atoms with Crippen LogP contribution in [-0.2, 0) is 10.0 Å². The van der Waals surface area contributed by atoms with Crippen molar-refractivity contribution in [2.24, 2.45) is 0 Å². The third kappa shape index (κ3) is 2.38. The fourth-order valence-electron chi connectivity index (χ4n) is 2.36. The Morgan fingerprint density at radius 2 is 2.05 bits per heavy atom. The molecule has 3 heterocycles. The molecule has 22 heavy (non-hydrogen) atoms. The fraction of sp³-hybridized carbons (Fsp3) is 0.308. The zero-order chi connectivity index (χ0) is 15.9. The van der Waals surface area contributed by atoms with Gasteiger partial charge in [0.1, 0.15) is 10.6 Å². The van der Waals surface area contributed by atoms with E-state index in [9.17, 15) is 8.42 Å². The monoisotopic (exact) mass is 321 g/mol. The molecule has 0 spiro atoms. The van der Waals surface area contributed by atoms with Gasteiger partial charge in [-0.1, -0.05) is 11.2 Å². The summed E-state index contributed by atoms with van der Waals surface area (Å²) in [6.45, 7) is 4.85. The van der Waals surface area contributed by atoms with Gasteiger partial charge in [0.15, 0.2) is 17.2 Å². The molecule has 0 saturated heterocycles. The molecule has 0 aliphatic carbocycles. The Morgan fingerprint density at radius 3 is 2.73 bits per heavy atom. The van der Waals surface area contributed by atoms with Crippen molar-refractivity contribution < 1.29 is 12.9 Å². The molecule has 0 bridgehead atoms. The number of nitrogens with one attached hydrogen (secondary N) is 1. The second-order valence-electron chi connectivity index (χ2n) is 4.98. The summed E-state index contributed by atoms with van der Waals surface area (Å²) < 4.78 is 34.3. The predicted molar refractivity (Wildman–Crippen MR) is 77.7 cm³/mol. The zero-order valence-corrected chi connectivity index (χ0v) is 13.1. The van der Waals surface area contributed by atoms with Crippen molar-refractivity contribution in [3.05, 3.63) is 41.7 Å². The van der Waals surface area contributed by atoms with Crippen LogP contribution in [0, 0.1) is 13.8 Å². The van der Waals surface area contributed by atoms with Crippen molar-refractivity contribution >= 4 is 15.7 Å². The van der Waals surface area contributed by atoms with Gasteiger partial charge < -0.3 is 4.52 Å². The summed E-state index contributed by atoms with van der Waals surface area (Å²) in [4.78, 5) is 0.0631. The van der Waals surface area contributed by atoms with Crippen LogP contribution in [0.3, 0.4) is 0 Å². The fourth-order valence-corrected chi connectivity index (χ4v) is 3.89. The SMILES string of the molecule is Cc1noc(C)c1S(=O)(=O)NC(C)c1nnc2ccccn12. The summed E-state index contributed by atoms with van der Waals surface area (Å²) >= 11 is 0. The molecule has 9 heteroatoms. The van der Waals surface area contributed by atoms with Gasteiger partial charge in [0.05, 0.1) is 6.04 Å². The molecule has 1 unspecified atom stereocenters. The summed E-state index contributed by atoms with van der Waals surface area (Å²) in [5, 5.41) is 11.7. The Balaban J connectivity index is 1.96. The highest BCUT2D eigenvalue weighted by atomic mass is 32.2. The summed E-state index contributed by atoms with van der Waals surface area (Å²) in [6.07, 6.45) is 1.78. The molecule has 116 valence electrons. The van der Waals surface area contributed by atoms with Crippen molar-refractivity contribution in [3.8, 4) is 0 Å². The summed E-state index contributed by atoms with van der Waals surface area (Å²) in [5.41, 5.74) is 0.976. The second kappa shape index (κ2) is 5.18. The normalized spacial score (nSPS) is 13.6. The van der Waals surface area contributed by atoms with E-state index in [0.29, 0.717) is 17.2 Å². The minimum atomic E-state index is -3.76. The lowest BCUT2D eigenvalue weighted by Gasteiger charge is -2.12. The Labute approximate surface area is 127 Å². The number of fused-ring (bicyclic) bond motifs is 1. The van der Waals surface area contributed by atoms with E-state index in [-0.39, 0.29) is 10.7 Å². The molecule has 8 nitrogen and oxygen atoms in total. The standard InChI is InChI=1S/C13H15N5O3S/c1-8-12(10(3)21-16-8)22(19,20)17-9(2)13-15-14-11-6-4-5-7-18(11)13/h4-7,9,17H,1-3H3. The summed E-state index contributed by atoms with van der Waals surface area (Å²) in [6, 6.07) is 4.91. The first-order chi connectivity index (χ1) is 10.4. The lowest BCUT2D eigenvalue weighted by molar-refractivity contribution is 0.390. The summed E-state index contributed by atoms with van der Waals surface area (Å²) in [5.74, 6) is 0.759. The number of nitrogens with zero attached hydrogens (tertiary/aromatic N) is 4. The highest BCUT2D eigenvalue weighted by Crippen LogP contribution is 2.21. The first kappa shape index (κ1) is 14.7. The minimum Gasteiger partial charge on any atom is -0.360 e. The maximum atomic E-state index is 12.5. The van der Waals surface area contributed by atoms with Gasteiger partial charge in [0.2, 0.25) is 10.0 Å². The predicted octanol–water partition coefficient (Wildman–Crippen LogP) is 1.37. The third-order valence-corrected chi connectivity index (χ3v) is 5.08. The molecule has 3 aromatic heterocycles. The van der Waals surface area contributed by atoms with Gasteiger partial charge in [-0.05, 0) is 32.9 Å². The van der Waals surface area contributed by atoms with E-state index < -0.39 is 16.1 Å². The summed E-state index contributed by atoms with van der Waals surface area (Å²) in [7, 11) is -3.76. The molecular weight excluding hydrogens is 306 g/mol. The Kier molecular flexibility index (Phi) is 3.45. The Bertz CT molecular complexity index is 909. The number of hydrogen-bond acceptors (Lipinski definition) is 6. The highest BCUT2D eigenvalue weighted by Gasteiger charge is 2.27. The quantitative estimate of drug-likeness (QED) is 0.778. The van der Waals surface area contributed by atoms with E-state index in [2.05, 4.69) is 20.1 Å². The largest absolute Gasteiger partial charge is 0.360 e. The van der Waals surface area contributed by atoms with Crippen LogP contribution in [0.15, 0.2) is 33.8 Å². The second-order valence-corrected chi connectivity index (χ2v) is 6.63. The lowest BCUT2D eigenvalue weighted by Crippen LogP contribution is -2.28. The van der Waals surface area contributed by atoms with Crippen molar-refractivity contribution in [1.82, 2.24) is 24.5 Å². The molecular formula is C13H15N5O3S. The molecule has 0 amide bonds. The van der Waals surface area contributed by atoms with Gasteiger partial charge in [0.25, 0.3) is 0 Å². The molecule has 0 radical (unpaired) electrons. The van der Waals surface area contributed by atoms with Crippen molar-refractivity contribution in [1.29, 1.82) is 0 Å². The molecule has 3 aromatic rings. The van der Waals surface area contributed by atoms with E-state index in [1.807, 2.05) is 12.1 Å². The average Bonchev–Trinajstić information content (AvgIpc) is 3.02. The number of pyridine rings is 1. The number of aryl methyl sites for hydroxylation is 2. The van der Waals surface area contributed by atoms with Crippen LogP contribution < -0.4 is 4.72 Å². The van der Waals surface area contributed by atoms with Gasteiger partial charge in [-0.15, -0.1) is 10.2 Å². The molecule has 0 aliphatic heterocycles. The van der Waals surface area contributed by atoms with E-state index in [1.165, 1.54) is 0 Å². The van der Waals surface area contributed by atoms with Crippen LogP contribution in [0.5, 0.6) is 0 Å². The third-order valence-electron chi connectivity index (χ3n) is 3.30. The van der Waals surface area contributed by atoms with Gasteiger partial charge >= 0.3 is 0 Å². The van der Waals surface area contributed by atoms with Crippen LogP contribution in [-0.4, -0.2) is 28.2 Å². The van der Waals surface area contributed by atoms with E-state index in [1.54, 1.807) is 37.4 Å². The van der Waals surface area contributed by atoms with Crippen molar-refractivity contribution in [2.45, 2.75) is 31.7 Å². The minimum absolute atomic E-state index is 0.0631. The molecule has 0 aliphatic rings. The van der Waals surface area contributed by atoms with Crippen LogP contribution in [0.1, 0.15) is 30.2 Å². The van der Waals surface area contributed by atoms with Crippen LogP contribution in [0.25, 0.3) is 5.65 Å². The molecule has 1 N–H and O–H groups in total. The molecule has 0 fully saturated rings. The smallest absolute Gasteiger partial charge is 0.246 e.